The number of hydrogen-bond acceptors (Lipinski definition) is 5. The summed E-state index contributed by atoms with van der Waals surface area (Å²) >= 11 is 7.18. The highest BCUT2D eigenvalue weighted by Crippen LogP contribution is 2.33. The standard InChI is InChI=1S/C14H6ClF2N5S/c15-9-6-11(17)10(16)5-8(9)13-21-22-12(19-20-14(22)23-13)7-1-3-18-4-2-7/h1-6H. The van der Waals surface area contributed by atoms with Crippen LogP contribution in [0.25, 0.3) is 26.9 Å². The minimum Gasteiger partial charge on any atom is -0.265 e. The quantitative estimate of drug-likeness (QED) is 0.516. The van der Waals surface area contributed by atoms with Gasteiger partial charge < -0.3 is 0 Å². The molecule has 0 fully saturated rings. The van der Waals surface area contributed by atoms with Gasteiger partial charge in [0.1, 0.15) is 5.01 Å². The minimum absolute atomic E-state index is 0.0827. The summed E-state index contributed by atoms with van der Waals surface area (Å²) < 4.78 is 28.2. The summed E-state index contributed by atoms with van der Waals surface area (Å²) in [6.45, 7) is 0. The number of halogens is 3. The molecule has 5 nitrogen and oxygen atoms in total. The van der Waals surface area contributed by atoms with E-state index in [-0.39, 0.29) is 5.02 Å². The maximum atomic E-state index is 13.5. The molecule has 0 unspecified atom stereocenters. The van der Waals surface area contributed by atoms with Gasteiger partial charge in [-0.15, -0.1) is 10.2 Å². The Morgan fingerprint density at radius 3 is 2.57 bits per heavy atom. The summed E-state index contributed by atoms with van der Waals surface area (Å²) in [6.07, 6.45) is 3.27. The Morgan fingerprint density at radius 1 is 1.04 bits per heavy atom. The third-order valence-electron chi connectivity index (χ3n) is 3.17. The third kappa shape index (κ3) is 2.36. The van der Waals surface area contributed by atoms with Gasteiger partial charge in [-0.3, -0.25) is 4.98 Å². The van der Waals surface area contributed by atoms with Crippen molar-refractivity contribution in [3.8, 4) is 22.0 Å². The second-order valence-corrected chi connectivity index (χ2v) is 5.97. The van der Waals surface area contributed by atoms with Gasteiger partial charge in [0.05, 0.1) is 5.02 Å². The topological polar surface area (TPSA) is 56.0 Å². The Bertz CT molecular complexity index is 1010. The normalized spacial score (nSPS) is 11.3. The predicted octanol–water partition coefficient (Wildman–Crippen LogP) is 3.85. The largest absolute Gasteiger partial charge is 0.265 e. The first-order chi connectivity index (χ1) is 11.1. The molecule has 0 atom stereocenters. The fraction of sp³-hybridized carbons (Fsp3) is 0. The lowest BCUT2D eigenvalue weighted by Gasteiger charge is -2.01. The molecule has 4 rings (SSSR count). The van der Waals surface area contributed by atoms with Crippen molar-refractivity contribution in [1.82, 2.24) is 24.8 Å². The molecule has 1 aromatic carbocycles. The Hall–Kier alpha value is -2.45. The molecule has 114 valence electrons. The predicted molar refractivity (Wildman–Crippen MR) is 82.3 cm³/mol. The number of benzene rings is 1. The Labute approximate surface area is 137 Å². The second-order valence-electron chi connectivity index (χ2n) is 4.61. The maximum Gasteiger partial charge on any atom is 0.235 e. The van der Waals surface area contributed by atoms with Crippen LogP contribution in [-0.4, -0.2) is 24.8 Å². The van der Waals surface area contributed by atoms with E-state index < -0.39 is 11.6 Å². The van der Waals surface area contributed by atoms with Gasteiger partial charge in [-0.05, 0) is 24.3 Å². The number of rotatable bonds is 2. The van der Waals surface area contributed by atoms with E-state index in [9.17, 15) is 8.78 Å². The fourth-order valence-corrected chi connectivity index (χ4v) is 3.26. The van der Waals surface area contributed by atoms with Crippen molar-refractivity contribution in [1.29, 1.82) is 0 Å². The molecule has 23 heavy (non-hydrogen) atoms. The summed E-state index contributed by atoms with van der Waals surface area (Å²) in [5, 5.41) is 13.0. The van der Waals surface area contributed by atoms with E-state index in [4.69, 9.17) is 11.6 Å². The zero-order valence-electron chi connectivity index (χ0n) is 11.2. The highest BCUT2D eigenvalue weighted by atomic mass is 35.5. The molecule has 0 saturated heterocycles. The summed E-state index contributed by atoms with van der Waals surface area (Å²) in [4.78, 5) is 4.47. The van der Waals surface area contributed by atoms with Gasteiger partial charge >= 0.3 is 0 Å². The zero-order valence-corrected chi connectivity index (χ0v) is 12.8. The first-order valence-corrected chi connectivity index (χ1v) is 7.60. The van der Waals surface area contributed by atoms with Gasteiger partial charge in [0, 0.05) is 23.5 Å². The van der Waals surface area contributed by atoms with Gasteiger partial charge in [-0.25, -0.2) is 8.78 Å². The first-order valence-electron chi connectivity index (χ1n) is 6.41. The summed E-state index contributed by atoms with van der Waals surface area (Å²) in [7, 11) is 0. The lowest BCUT2D eigenvalue weighted by atomic mass is 10.2. The monoisotopic (exact) mass is 349 g/mol. The van der Waals surface area contributed by atoms with Gasteiger partial charge in [0.2, 0.25) is 4.96 Å². The average Bonchev–Trinajstić information content (AvgIpc) is 3.12. The number of aromatic nitrogens is 5. The van der Waals surface area contributed by atoms with Crippen LogP contribution in [-0.2, 0) is 0 Å². The Kier molecular flexibility index (Phi) is 3.28. The van der Waals surface area contributed by atoms with Crippen molar-refractivity contribution in [2.75, 3.05) is 0 Å². The van der Waals surface area contributed by atoms with Crippen molar-refractivity contribution >= 4 is 27.9 Å². The van der Waals surface area contributed by atoms with Crippen LogP contribution < -0.4 is 0 Å². The van der Waals surface area contributed by atoms with E-state index in [2.05, 4.69) is 20.3 Å². The maximum absolute atomic E-state index is 13.5. The molecule has 9 heteroatoms. The van der Waals surface area contributed by atoms with Crippen LogP contribution in [0.1, 0.15) is 0 Å². The first kappa shape index (κ1) is 14.2. The average molecular weight is 350 g/mol. The van der Waals surface area contributed by atoms with Crippen LogP contribution in [0.3, 0.4) is 0 Å². The lowest BCUT2D eigenvalue weighted by molar-refractivity contribution is 0.509. The summed E-state index contributed by atoms with van der Waals surface area (Å²) in [6, 6.07) is 5.51. The van der Waals surface area contributed by atoms with Crippen molar-refractivity contribution in [3.05, 3.63) is 53.3 Å². The van der Waals surface area contributed by atoms with E-state index in [1.54, 1.807) is 24.5 Å². The molecule has 0 spiro atoms. The molecule has 4 aromatic rings. The van der Waals surface area contributed by atoms with Crippen molar-refractivity contribution in [2.24, 2.45) is 0 Å². The molecule has 0 amide bonds. The van der Waals surface area contributed by atoms with Crippen molar-refractivity contribution in [3.63, 3.8) is 0 Å². The number of pyridine rings is 1. The second kappa shape index (κ2) is 5.32. The van der Waals surface area contributed by atoms with E-state index >= 15 is 0 Å². The number of hydrogen-bond donors (Lipinski definition) is 0. The molecule has 0 saturated carbocycles. The molecule has 0 aliphatic carbocycles. The Morgan fingerprint density at radius 2 is 1.78 bits per heavy atom. The smallest absolute Gasteiger partial charge is 0.235 e. The molecule has 0 bridgehead atoms. The molecule has 3 aromatic heterocycles. The highest BCUT2D eigenvalue weighted by molar-refractivity contribution is 7.19. The minimum atomic E-state index is -1.00. The van der Waals surface area contributed by atoms with Crippen LogP contribution >= 0.6 is 22.9 Å². The van der Waals surface area contributed by atoms with Gasteiger partial charge in [-0.1, -0.05) is 22.9 Å². The molecular weight excluding hydrogens is 344 g/mol. The van der Waals surface area contributed by atoms with Crippen molar-refractivity contribution in [2.45, 2.75) is 0 Å². The SMILES string of the molecule is Fc1cc(Cl)c(-c2nn3c(-c4ccncc4)nnc3s2)cc1F. The molecule has 0 aliphatic heterocycles. The number of nitrogens with zero attached hydrogens (tertiary/aromatic N) is 5. The van der Waals surface area contributed by atoms with E-state index in [1.165, 1.54) is 15.9 Å². The van der Waals surface area contributed by atoms with Crippen molar-refractivity contribution < 1.29 is 8.78 Å². The van der Waals surface area contributed by atoms with Gasteiger partial charge in [0.25, 0.3) is 0 Å². The van der Waals surface area contributed by atoms with Crippen LogP contribution in [0.4, 0.5) is 8.78 Å². The van der Waals surface area contributed by atoms with Crippen LogP contribution in [0.2, 0.25) is 5.02 Å². The zero-order chi connectivity index (χ0) is 16.0. The highest BCUT2D eigenvalue weighted by Gasteiger charge is 2.17. The molecule has 0 aliphatic rings. The molecule has 3 heterocycles. The molecule has 0 radical (unpaired) electrons. The third-order valence-corrected chi connectivity index (χ3v) is 4.41. The van der Waals surface area contributed by atoms with E-state index in [0.29, 0.717) is 21.4 Å². The van der Waals surface area contributed by atoms with E-state index in [1.807, 2.05) is 0 Å². The molecule has 0 N–H and O–H groups in total. The molecular formula is C14H6ClF2N5S. The lowest BCUT2D eigenvalue weighted by Crippen LogP contribution is -1.92. The van der Waals surface area contributed by atoms with Gasteiger partial charge in [-0.2, -0.15) is 9.61 Å². The van der Waals surface area contributed by atoms with Crippen LogP contribution in [0.5, 0.6) is 0 Å². The Balaban J connectivity index is 1.88. The van der Waals surface area contributed by atoms with E-state index in [0.717, 1.165) is 17.7 Å². The van der Waals surface area contributed by atoms with Crippen LogP contribution in [0.15, 0.2) is 36.7 Å². The van der Waals surface area contributed by atoms with Crippen LogP contribution in [0, 0.1) is 11.6 Å². The fourth-order valence-electron chi connectivity index (χ4n) is 2.09. The number of fused-ring (bicyclic) bond motifs is 1. The van der Waals surface area contributed by atoms with Gasteiger partial charge in [0.15, 0.2) is 17.5 Å². The summed E-state index contributed by atoms with van der Waals surface area (Å²) in [5.41, 5.74) is 1.10. The summed E-state index contributed by atoms with van der Waals surface area (Å²) in [5.74, 6) is -1.45.